The zero-order valence-electron chi connectivity index (χ0n) is 22.7. The number of nitro benzene ring substituents is 1. The summed E-state index contributed by atoms with van der Waals surface area (Å²) in [7, 11) is 1.49. The number of methoxy groups -OCH3 is 1. The molecule has 0 aliphatic carbocycles. The molecule has 0 atom stereocenters. The molecule has 12 nitrogen and oxygen atoms in total. The molecule has 3 aromatic rings. The average molecular weight is 547 g/mol. The molecule has 0 saturated carbocycles. The Hall–Kier alpha value is -4.48. The number of aromatic nitrogens is 3. The summed E-state index contributed by atoms with van der Waals surface area (Å²) in [5.74, 6) is 2.19. The topological polar surface area (TPSA) is 131 Å². The minimum atomic E-state index is -0.470. The number of hydrazone groups is 1. The van der Waals surface area contributed by atoms with Crippen molar-refractivity contribution in [1.82, 2.24) is 15.0 Å². The Morgan fingerprint density at radius 2 is 1.55 bits per heavy atom. The molecule has 2 aliphatic rings. The van der Waals surface area contributed by atoms with Crippen LogP contribution in [0.1, 0.15) is 49.7 Å². The second kappa shape index (κ2) is 13.0. The summed E-state index contributed by atoms with van der Waals surface area (Å²) in [6.45, 7) is 3.85. The quantitative estimate of drug-likeness (QED) is 0.215. The highest BCUT2D eigenvalue weighted by Gasteiger charge is 2.21. The molecule has 1 N–H and O–H groups in total. The maximum absolute atomic E-state index is 11.9. The number of anilines is 3. The third kappa shape index (κ3) is 6.74. The van der Waals surface area contributed by atoms with Crippen LogP contribution in [0.15, 0.2) is 47.6 Å². The van der Waals surface area contributed by atoms with Gasteiger partial charge in [-0.1, -0.05) is 30.3 Å². The number of hydrogen-bond donors (Lipinski definition) is 1. The van der Waals surface area contributed by atoms with Crippen LogP contribution in [-0.4, -0.2) is 59.4 Å². The van der Waals surface area contributed by atoms with Crippen LogP contribution in [0.4, 0.5) is 23.5 Å². The van der Waals surface area contributed by atoms with Crippen molar-refractivity contribution in [1.29, 1.82) is 0 Å². The average Bonchev–Trinajstić information content (AvgIpc) is 3.01. The minimum absolute atomic E-state index is 0.159. The number of nitro groups is 1. The van der Waals surface area contributed by atoms with Crippen molar-refractivity contribution in [2.45, 2.75) is 45.1 Å². The molecule has 2 fully saturated rings. The third-order valence-corrected chi connectivity index (χ3v) is 7.00. The number of nitrogens with zero attached hydrogens (tertiary/aromatic N) is 7. The van der Waals surface area contributed by atoms with Gasteiger partial charge in [0.2, 0.25) is 17.8 Å². The van der Waals surface area contributed by atoms with E-state index in [1.807, 2.05) is 30.3 Å². The predicted molar refractivity (Wildman–Crippen MR) is 154 cm³/mol. The van der Waals surface area contributed by atoms with Crippen LogP contribution in [0.3, 0.4) is 0 Å². The van der Waals surface area contributed by atoms with Crippen molar-refractivity contribution in [2.24, 2.45) is 5.10 Å². The summed E-state index contributed by atoms with van der Waals surface area (Å²) in [4.78, 5) is 29.8. The molecule has 0 radical (unpaired) electrons. The van der Waals surface area contributed by atoms with E-state index in [0.717, 1.165) is 57.4 Å². The van der Waals surface area contributed by atoms with E-state index in [-0.39, 0.29) is 23.6 Å². The predicted octanol–water partition coefficient (Wildman–Crippen LogP) is 4.79. The molecule has 2 aliphatic heterocycles. The van der Waals surface area contributed by atoms with Crippen molar-refractivity contribution in [2.75, 3.05) is 48.5 Å². The first-order chi connectivity index (χ1) is 19.6. The van der Waals surface area contributed by atoms with E-state index in [9.17, 15) is 10.1 Å². The number of hydrogen-bond acceptors (Lipinski definition) is 11. The third-order valence-electron chi connectivity index (χ3n) is 7.00. The molecule has 210 valence electrons. The molecule has 40 heavy (non-hydrogen) atoms. The molecule has 1 aromatic heterocycles. The van der Waals surface area contributed by atoms with Gasteiger partial charge in [-0.15, -0.1) is 0 Å². The van der Waals surface area contributed by atoms with Gasteiger partial charge in [0.15, 0.2) is 11.5 Å². The first-order valence-corrected chi connectivity index (χ1v) is 13.7. The molecular formula is C28H34N8O4. The molecule has 2 saturated heterocycles. The van der Waals surface area contributed by atoms with Crippen LogP contribution in [0, 0.1) is 10.1 Å². The fraction of sp³-hybridized carbons (Fsp3) is 0.429. The van der Waals surface area contributed by atoms with E-state index in [2.05, 4.69) is 30.3 Å². The smallest absolute Gasteiger partial charge is 0.282 e. The highest BCUT2D eigenvalue weighted by atomic mass is 16.6. The minimum Gasteiger partial charge on any atom is -0.493 e. The molecule has 0 amide bonds. The van der Waals surface area contributed by atoms with Crippen LogP contribution in [0.25, 0.3) is 0 Å². The van der Waals surface area contributed by atoms with Gasteiger partial charge < -0.3 is 19.3 Å². The van der Waals surface area contributed by atoms with Gasteiger partial charge in [-0.2, -0.15) is 20.1 Å². The molecular weight excluding hydrogens is 512 g/mol. The Bertz CT molecular complexity index is 1290. The first-order valence-electron chi connectivity index (χ1n) is 13.7. The van der Waals surface area contributed by atoms with E-state index < -0.39 is 4.92 Å². The Morgan fingerprint density at radius 3 is 2.12 bits per heavy atom. The van der Waals surface area contributed by atoms with Gasteiger partial charge in [0.05, 0.1) is 29.9 Å². The number of nitrogens with one attached hydrogen (secondary N) is 1. The summed E-state index contributed by atoms with van der Waals surface area (Å²) in [5, 5.41) is 16.2. The van der Waals surface area contributed by atoms with Gasteiger partial charge in [-0.25, -0.2) is 5.43 Å². The van der Waals surface area contributed by atoms with Gasteiger partial charge in [0, 0.05) is 26.2 Å². The maximum Gasteiger partial charge on any atom is 0.282 e. The Kier molecular flexibility index (Phi) is 8.84. The lowest BCUT2D eigenvalue weighted by molar-refractivity contribution is -0.385. The van der Waals surface area contributed by atoms with Gasteiger partial charge in [0.1, 0.15) is 6.61 Å². The zero-order valence-corrected chi connectivity index (χ0v) is 22.7. The fourth-order valence-electron chi connectivity index (χ4n) is 4.87. The lowest BCUT2D eigenvalue weighted by Gasteiger charge is -2.30. The van der Waals surface area contributed by atoms with Gasteiger partial charge in [-0.05, 0) is 50.2 Å². The standard InChI is InChI=1S/C28H34N8O4/c1-39-24-17-22(23(36(37)38)18-25(24)40-20-21-11-5-2-6-12-21)19-29-33-26-30-27(34-13-7-3-8-14-34)32-28(31-26)35-15-9-4-10-16-35/h2,5-6,11-12,17-19H,3-4,7-10,13-16,20H2,1H3,(H,30,31,32,33)/b29-19-. The lowest BCUT2D eigenvalue weighted by atomic mass is 10.1. The SMILES string of the molecule is COc1cc(/C=N\Nc2nc(N3CCCCC3)nc(N3CCCCC3)n2)c([N+](=O)[O-])cc1OCc1ccccc1. The fourth-order valence-corrected chi connectivity index (χ4v) is 4.87. The van der Waals surface area contributed by atoms with Gasteiger partial charge in [-0.3, -0.25) is 10.1 Å². The highest BCUT2D eigenvalue weighted by molar-refractivity contribution is 5.87. The molecule has 0 bridgehead atoms. The molecule has 3 heterocycles. The number of benzene rings is 2. The zero-order chi connectivity index (χ0) is 27.7. The second-order valence-electron chi connectivity index (χ2n) is 9.82. The van der Waals surface area contributed by atoms with E-state index in [4.69, 9.17) is 14.5 Å². The van der Waals surface area contributed by atoms with Crippen LogP contribution in [0.2, 0.25) is 0 Å². The Balaban J connectivity index is 1.37. The summed E-state index contributed by atoms with van der Waals surface area (Å²) < 4.78 is 11.3. The summed E-state index contributed by atoms with van der Waals surface area (Å²) in [6.07, 6.45) is 8.17. The van der Waals surface area contributed by atoms with Crippen molar-refractivity contribution in [3.05, 3.63) is 63.7 Å². The van der Waals surface area contributed by atoms with Crippen LogP contribution < -0.4 is 24.7 Å². The summed E-state index contributed by atoms with van der Waals surface area (Å²) in [5.41, 5.74) is 3.91. The van der Waals surface area contributed by atoms with Crippen molar-refractivity contribution in [3.8, 4) is 11.5 Å². The van der Waals surface area contributed by atoms with Crippen molar-refractivity contribution < 1.29 is 14.4 Å². The Labute approximate surface area is 233 Å². The molecule has 0 spiro atoms. The molecule has 12 heteroatoms. The monoisotopic (exact) mass is 546 g/mol. The lowest BCUT2D eigenvalue weighted by Crippen LogP contribution is -2.34. The normalized spacial score (nSPS) is 15.7. The van der Waals surface area contributed by atoms with Crippen molar-refractivity contribution >= 4 is 29.7 Å². The van der Waals surface area contributed by atoms with Crippen molar-refractivity contribution in [3.63, 3.8) is 0 Å². The summed E-state index contributed by atoms with van der Waals surface area (Å²) in [6, 6.07) is 12.5. The molecule has 5 rings (SSSR count). The van der Waals surface area contributed by atoms with E-state index in [1.54, 1.807) is 0 Å². The largest absolute Gasteiger partial charge is 0.493 e. The van der Waals surface area contributed by atoms with Crippen LogP contribution in [-0.2, 0) is 6.61 Å². The first kappa shape index (κ1) is 27.1. The second-order valence-corrected chi connectivity index (χ2v) is 9.82. The molecule has 0 unspecified atom stereocenters. The Morgan fingerprint density at radius 1 is 0.925 bits per heavy atom. The van der Waals surface area contributed by atoms with Crippen LogP contribution in [0.5, 0.6) is 11.5 Å². The number of rotatable bonds is 10. The van der Waals surface area contributed by atoms with Gasteiger partial charge >= 0.3 is 0 Å². The van der Waals surface area contributed by atoms with Gasteiger partial charge in [0.25, 0.3) is 5.69 Å². The van der Waals surface area contributed by atoms with Crippen LogP contribution >= 0.6 is 0 Å². The highest BCUT2D eigenvalue weighted by Crippen LogP contribution is 2.34. The van der Waals surface area contributed by atoms with E-state index >= 15 is 0 Å². The van der Waals surface area contributed by atoms with E-state index in [1.165, 1.54) is 38.3 Å². The summed E-state index contributed by atoms with van der Waals surface area (Å²) >= 11 is 0. The maximum atomic E-state index is 11.9. The number of ether oxygens (including phenoxy) is 2. The molecule has 2 aromatic carbocycles. The van der Waals surface area contributed by atoms with E-state index in [0.29, 0.717) is 23.6 Å². The number of piperidine rings is 2.